The quantitative estimate of drug-likeness (QED) is 0.886. The Kier molecular flexibility index (Phi) is 9.22. The van der Waals surface area contributed by atoms with Gasteiger partial charge in [-0.25, -0.2) is 0 Å². The molecule has 23 heavy (non-hydrogen) atoms. The van der Waals surface area contributed by atoms with Gasteiger partial charge in [-0.3, -0.25) is 0 Å². The lowest BCUT2D eigenvalue weighted by Crippen LogP contribution is -2.19. The Bertz CT molecular complexity index is 482. The Morgan fingerprint density at radius 2 is 1.09 bits per heavy atom. The molecule has 2 aromatic rings. The molecule has 0 saturated carbocycles. The Balaban J connectivity index is 0.000000284. The highest BCUT2D eigenvalue weighted by Crippen LogP contribution is 2.11. The maximum atomic E-state index is 8.80. The van der Waals surface area contributed by atoms with Crippen molar-refractivity contribution in [2.75, 3.05) is 27.4 Å². The van der Waals surface area contributed by atoms with Crippen molar-refractivity contribution in [3.05, 3.63) is 70.8 Å². The first-order valence-electron chi connectivity index (χ1n) is 7.82. The van der Waals surface area contributed by atoms with E-state index in [-0.39, 0.29) is 0 Å². The molecule has 0 fully saturated rings. The first-order valence-corrected chi connectivity index (χ1v) is 7.82. The molecule has 0 heterocycles. The fraction of sp³-hybridized carbons (Fsp3) is 0.400. The van der Waals surface area contributed by atoms with Gasteiger partial charge in [0, 0.05) is 14.2 Å². The molecule has 0 aromatic heterocycles. The zero-order chi connectivity index (χ0) is 17.1. The highest BCUT2D eigenvalue weighted by atomic mass is 16.5. The molecule has 0 unspecified atom stereocenters. The summed E-state index contributed by atoms with van der Waals surface area (Å²) in [4.78, 5) is 0. The van der Waals surface area contributed by atoms with E-state index in [0.29, 0.717) is 13.2 Å². The minimum Gasteiger partial charge on any atom is -0.388 e. The zero-order valence-corrected chi connectivity index (χ0v) is 14.6. The van der Waals surface area contributed by atoms with Crippen LogP contribution in [0.25, 0.3) is 0 Å². The lowest BCUT2D eigenvalue weighted by atomic mass is 10.0. The van der Waals surface area contributed by atoms with Gasteiger partial charge in [0.2, 0.25) is 0 Å². The fourth-order valence-corrected chi connectivity index (χ4v) is 2.08. The van der Waals surface area contributed by atoms with Crippen LogP contribution in [0.5, 0.6) is 0 Å². The maximum absolute atomic E-state index is 8.80. The molecular weight excluding hydrogens is 288 g/mol. The summed E-state index contributed by atoms with van der Waals surface area (Å²) in [5, 5.41) is 8.80. The van der Waals surface area contributed by atoms with Gasteiger partial charge in [0.1, 0.15) is 6.10 Å². The lowest BCUT2D eigenvalue weighted by Gasteiger charge is -2.05. The molecule has 0 saturated heterocycles. The van der Waals surface area contributed by atoms with Crippen molar-refractivity contribution in [3.63, 3.8) is 0 Å². The maximum Gasteiger partial charge on any atom is 0.101 e. The van der Waals surface area contributed by atoms with E-state index in [1.165, 1.54) is 22.3 Å². The van der Waals surface area contributed by atoms with Gasteiger partial charge in [0.15, 0.2) is 0 Å². The van der Waals surface area contributed by atoms with Crippen molar-refractivity contribution in [1.82, 2.24) is 0 Å². The molecule has 0 aliphatic rings. The third-order valence-corrected chi connectivity index (χ3v) is 3.37. The highest BCUT2D eigenvalue weighted by Gasteiger charge is 1.99. The van der Waals surface area contributed by atoms with Crippen molar-refractivity contribution in [2.24, 2.45) is 0 Å². The van der Waals surface area contributed by atoms with Gasteiger partial charge in [0.25, 0.3) is 0 Å². The van der Waals surface area contributed by atoms with Gasteiger partial charge < -0.3 is 14.6 Å². The Labute approximate surface area is 139 Å². The van der Waals surface area contributed by atoms with Crippen LogP contribution in [0.1, 0.15) is 22.3 Å². The van der Waals surface area contributed by atoms with E-state index in [1.807, 2.05) is 0 Å². The van der Waals surface area contributed by atoms with E-state index in [9.17, 15) is 0 Å². The monoisotopic (exact) mass is 316 g/mol. The molecule has 2 aromatic carbocycles. The molecule has 3 heteroatoms. The second kappa shape index (κ2) is 10.9. The molecular formula is C20H28O3. The summed E-state index contributed by atoms with van der Waals surface area (Å²) in [5.74, 6) is 0. The molecule has 1 N–H and O–H groups in total. The smallest absolute Gasteiger partial charge is 0.101 e. The molecule has 0 amide bonds. The van der Waals surface area contributed by atoms with Gasteiger partial charge in [0.05, 0.1) is 13.2 Å². The number of aryl methyl sites for hydroxylation is 2. The van der Waals surface area contributed by atoms with E-state index in [0.717, 1.165) is 6.42 Å². The second-order valence-electron chi connectivity index (χ2n) is 5.71. The van der Waals surface area contributed by atoms with Crippen molar-refractivity contribution in [3.8, 4) is 0 Å². The van der Waals surface area contributed by atoms with Gasteiger partial charge in [-0.1, -0.05) is 59.7 Å². The SMILES string of the molecule is COCC(O)COC.Cc1ccc(Cc2ccc(C)cc2)cc1. The molecule has 0 spiro atoms. The molecule has 0 atom stereocenters. The second-order valence-corrected chi connectivity index (χ2v) is 5.71. The van der Waals surface area contributed by atoms with Crippen molar-refractivity contribution in [2.45, 2.75) is 26.4 Å². The number of hydrogen-bond donors (Lipinski definition) is 1. The normalized spacial score (nSPS) is 10.3. The van der Waals surface area contributed by atoms with Crippen molar-refractivity contribution >= 4 is 0 Å². The van der Waals surface area contributed by atoms with Crippen LogP contribution < -0.4 is 0 Å². The third-order valence-electron chi connectivity index (χ3n) is 3.37. The third kappa shape index (κ3) is 8.50. The topological polar surface area (TPSA) is 38.7 Å². The van der Waals surface area contributed by atoms with E-state index in [1.54, 1.807) is 14.2 Å². The standard InChI is InChI=1S/C15H16.C5H12O3/c1-12-3-7-14(8-4-12)11-15-9-5-13(2)6-10-15;1-7-3-5(6)4-8-2/h3-10H,11H2,1-2H3;5-6H,3-4H2,1-2H3. The molecule has 0 aliphatic heterocycles. The van der Waals surface area contributed by atoms with Crippen LogP contribution in [-0.4, -0.2) is 38.6 Å². The van der Waals surface area contributed by atoms with Gasteiger partial charge >= 0.3 is 0 Å². The van der Waals surface area contributed by atoms with Crippen LogP contribution in [-0.2, 0) is 15.9 Å². The molecule has 0 radical (unpaired) electrons. The van der Waals surface area contributed by atoms with Crippen LogP contribution in [0.15, 0.2) is 48.5 Å². The van der Waals surface area contributed by atoms with E-state index in [4.69, 9.17) is 5.11 Å². The number of methoxy groups -OCH3 is 2. The van der Waals surface area contributed by atoms with E-state index >= 15 is 0 Å². The van der Waals surface area contributed by atoms with Gasteiger partial charge in [-0.2, -0.15) is 0 Å². The van der Waals surface area contributed by atoms with Gasteiger partial charge in [-0.15, -0.1) is 0 Å². The van der Waals surface area contributed by atoms with Crippen molar-refractivity contribution in [1.29, 1.82) is 0 Å². The summed E-state index contributed by atoms with van der Waals surface area (Å²) in [6.07, 6.45) is 0.547. The number of hydrogen-bond acceptors (Lipinski definition) is 3. The summed E-state index contributed by atoms with van der Waals surface area (Å²) in [5.41, 5.74) is 5.40. The Hall–Kier alpha value is -1.68. The summed E-state index contributed by atoms with van der Waals surface area (Å²) < 4.78 is 9.25. The van der Waals surface area contributed by atoms with Crippen LogP contribution >= 0.6 is 0 Å². The summed E-state index contributed by atoms with van der Waals surface area (Å²) in [6, 6.07) is 17.5. The molecule has 3 nitrogen and oxygen atoms in total. The molecule has 126 valence electrons. The van der Waals surface area contributed by atoms with E-state index in [2.05, 4.69) is 71.9 Å². The van der Waals surface area contributed by atoms with E-state index < -0.39 is 6.10 Å². The highest BCUT2D eigenvalue weighted by molar-refractivity contribution is 5.29. The number of benzene rings is 2. The lowest BCUT2D eigenvalue weighted by molar-refractivity contribution is 0.00980. The van der Waals surface area contributed by atoms with Gasteiger partial charge in [-0.05, 0) is 31.4 Å². The minimum absolute atomic E-state index is 0.341. The molecule has 2 rings (SSSR count). The molecule has 0 bridgehead atoms. The predicted octanol–water partition coefficient (Wildman–Crippen LogP) is 3.53. The summed E-state index contributed by atoms with van der Waals surface area (Å²) in [7, 11) is 3.08. The van der Waals surface area contributed by atoms with Crippen LogP contribution in [0.2, 0.25) is 0 Å². The van der Waals surface area contributed by atoms with Crippen LogP contribution in [0.3, 0.4) is 0 Å². The average molecular weight is 316 g/mol. The largest absolute Gasteiger partial charge is 0.388 e. The number of ether oxygens (including phenoxy) is 2. The summed E-state index contributed by atoms with van der Waals surface area (Å²) in [6.45, 7) is 4.92. The van der Waals surface area contributed by atoms with Crippen LogP contribution in [0, 0.1) is 13.8 Å². The Morgan fingerprint density at radius 1 is 0.739 bits per heavy atom. The first-order chi connectivity index (χ1) is 11.0. The fourth-order valence-electron chi connectivity index (χ4n) is 2.08. The number of rotatable bonds is 6. The first kappa shape index (κ1) is 19.4. The summed E-state index contributed by atoms with van der Waals surface area (Å²) >= 11 is 0. The predicted molar refractivity (Wildman–Crippen MR) is 94.9 cm³/mol. The average Bonchev–Trinajstić information content (AvgIpc) is 2.53. The number of aliphatic hydroxyl groups excluding tert-OH is 1. The van der Waals surface area contributed by atoms with Crippen molar-refractivity contribution < 1.29 is 14.6 Å². The van der Waals surface area contributed by atoms with Crippen LogP contribution in [0.4, 0.5) is 0 Å². The number of aliphatic hydroxyl groups is 1. The molecule has 0 aliphatic carbocycles. The Morgan fingerprint density at radius 3 is 1.39 bits per heavy atom. The zero-order valence-electron chi connectivity index (χ0n) is 14.6. The minimum atomic E-state index is -0.481.